The van der Waals surface area contributed by atoms with Gasteiger partial charge in [-0.2, -0.15) is 0 Å². The van der Waals surface area contributed by atoms with E-state index in [1.54, 1.807) is 0 Å². The number of rotatable bonds is 8. The highest BCUT2D eigenvalue weighted by Crippen LogP contribution is 2.22. The molecule has 0 bridgehead atoms. The topological polar surface area (TPSA) is 50.4 Å². The van der Waals surface area contributed by atoms with Gasteiger partial charge in [0.15, 0.2) is 0 Å². The molecule has 4 nitrogen and oxygen atoms in total. The van der Waals surface area contributed by atoms with E-state index in [1.165, 1.54) is 0 Å². The second kappa shape index (κ2) is 9.32. The molecule has 19 heavy (non-hydrogen) atoms. The molecule has 0 aliphatic heterocycles. The Morgan fingerprint density at radius 1 is 1.26 bits per heavy atom. The largest absolute Gasteiger partial charge is 0.365 e. The summed E-state index contributed by atoms with van der Waals surface area (Å²) >= 11 is 0. The minimum absolute atomic E-state index is 0.0299. The lowest BCUT2D eigenvalue weighted by molar-refractivity contribution is -0.136. The van der Waals surface area contributed by atoms with Crippen molar-refractivity contribution < 1.29 is 9.53 Å². The van der Waals surface area contributed by atoms with E-state index in [1.807, 2.05) is 6.92 Å². The van der Waals surface area contributed by atoms with Gasteiger partial charge in [-0.15, -0.1) is 0 Å². The van der Waals surface area contributed by atoms with E-state index >= 15 is 0 Å². The molecule has 112 valence electrons. The average molecular weight is 270 g/mol. The van der Waals surface area contributed by atoms with Gasteiger partial charge in [0.1, 0.15) is 6.10 Å². The van der Waals surface area contributed by atoms with Crippen LogP contribution < -0.4 is 10.6 Å². The van der Waals surface area contributed by atoms with Gasteiger partial charge in [0.2, 0.25) is 5.91 Å². The third-order valence-electron chi connectivity index (χ3n) is 3.76. The number of nitrogens with one attached hydrogen (secondary N) is 2. The van der Waals surface area contributed by atoms with Crippen LogP contribution in [0.3, 0.4) is 0 Å². The lowest BCUT2D eigenvalue weighted by Gasteiger charge is -2.30. The number of hydrogen-bond donors (Lipinski definition) is 2. The van der Waals surface area contributed by atoms with Crippen LogP contribution in [0.15, 0.2) is 0 Å². The lowest BCUT2D eigenvalue weighted by Crippen LogP contribution is -2.40. The fraction of sp³-hybridized carbons (Fsp3) is 0.933. The van der Waals surface area contributed by atoms with Crippen LogP contribution in [-0.2, 0) is 9.53 Å². The summed E-state index contributed by atoms with van der Waals surface area (Å²) in [6.45, 7) is 7.92. The monoisotopic (exact) mass is 270 g/mol. The summed E-state index contributed by atoms with van der Waals surface area (Å²) in [6.07, 6.45) is 6.50. The zero-order chi connectivity index (χ0) is 14.1. The number of hydrogen-bond acceptors (Lipinski definition) is 3. The first-order valence-electron chi connectivity index (χ1n) is 7.83. The first-order valence-corrected chi connectivity index (χ1v) is 7.83. The molecule has 1 amide bonds. The summed E-state index contributed by atoms with van der Waals surface area (Å²) < 4.78 is 5.87. The maximum absolute atomic E-state index is 11.8. The van der Waals surface area contributed by atoms with Crippen molar-refractivity contribution in [3.05, 3.63) is 0 Å². The SMILES string of the molecule is CCCCNC(=O)C(C)OC1CCC(NCC)CC1. The predicted molar refractivity (Wildman–Crippen MR) is 78.2 cm³/mol. The number of carbonyl (C=O) groups excluding carboxylic acids is 1. The molecule has 1 rings (SSSR count). The lowest BCUT2D eigenvalue weighted by atomic mass is 9.93. The molecule has 0 aromatic carbocycles. The minimum atomic E-state index is -0.322. The van der Waals surface area contributed by atoms with Crippen LogP contribution in [0, 0.1) is 0 Å². The van der Waals surface area contributed by atoms with Crippen LogP contribution in [0.4, 0.5) is 0 Å². The van der Waals surface area contributed by atoms with Crippen LogP contribution in [-0.4, -0.2) is 37.2 Å². The van der Waals surface area contributed by atoms with E-state index in [2.05, 4.69) is 24.5 Å². The average Bonchev–Trinajstić information content (AvgIpc) is 2.41. The van der Waals surface area contributed by atoms with E-state index in [0.717, 1.165) is 51.6 Å². The Balaban J connectivity index is 2.18. The van der Waals surface area contributed by atoms with E-state index in [9.17, 15) is 4.79 Å². The smallest absolute Gasteiger partial charge is 0.248 e. The molecule has 1 unspecified atom stereocenters. The molecule has 0 aromatic rings. The Morgan fingerprint density at radius 2 is 1.95 bits per heavy atom. The van der Waals surface area contributed by atoms with Crippen LogP contribution in [0.5, 0.6) is 0 Å². The van der Waals surface area contributed by atoms with Gasteiger partial charge in [0.25, 0.3) is 0 Å². The molecule has 2 N–H and O–H groups in total. The van der Waals surface area contributed by atoms with Gasteiger partial charge in [-0.05, 0) is 45.6 Å². The van der Waals surface area contributed by atoms with Crippen LogP contribution >= 0.6 is 0 Å². The van der Waals surface area contributed by atoms with E-state index in [0.29, 0.717) is 6.04 Å². The van der Waals surface area contributed by atoms with Gasteiger partial charge in [-0.3, -0.25) is 4.79 Å². The Bertz CT molecular complexity index is 251. The van der Waals surface area contributed by atoms with Gasteiger partial charge in [-0.1, -0.05) is 20.3 Å². The second-order valence-electron chi connectivity index (χ2n) is 5.45. The first-order chi connectivity index (χ1) is 9.17. The predicted octanol–water partition coefficient (Wildman–Crippen LogP) is 2.23. The van der Waals surface area contributed by atoms with Gasteiger partial charge in [-0.25, -0.2) is 0 Å². The van der Waals surface area contributed by atoms with Crippen LogP contribution in [0.2, 0.25) is 0 Å². The summed E-state index contributed by atoms with van der Waals surface area (Å²) in [5.41, 5.74) is 0. The van der Waals surface area contributed by atoms with Crippen molar-refractivity contribution in [3.63, 3.8) is 0 Å². The second-order valence-corrected chi connectivity index (χ2v) is 5.45. The van der Waals surface area contributed by atoms with Crippen LogP contribution in [0.1, 0.15) is 59.3 Å². The quantitative estimate of drug-likeness (QED) is 0.665. The molecule has 0 heterocycles. The highest BCUT2D eigenvalue weighted by molar-refractivity contribution is 5.80. The summed E-state index contributed by atoms with van der Waals surface area (Å²) in [7, 11) is 0. The first kappa shape index (κ1) is 16.4. The third-order valence-corrected chi connectivity index (χ3v) is 3.76. The summed E-state index contributed by atoms with van der Waals surface area (Å²) in [5.74, 6) is 0.0299. The molecule has 1 saturated carbocycles. The Labute approximate surface area is 117 Å². The minimum Gasteiger partial charge on any atom is -0.365 e. The molecule has 4 heteroatoms. The highest BCUT2D eigenvalue weighted by atomic mass is 16.5. The summed E-state index contributed by atoms with van der Waals surface area (Å²) in [5, 5.41) is 6.41. The zero-order valence-corrected chi connectivity index (χ0v) is 12.7. The molecule has 0 saturated heterocycles. The standard InChI is InChI=1S/C15H30N2O2/c1-4-6-11-17-15(18)12(3)19-14-9-7-13(8-10-14)16-5-2/h12-14,16H,4-11H2,1-3H3,(H,17,18). The van der Waals surface area contributed by atoms with Crippen molar-refractivity contribution in [2.24, 2.45) is 0 Å². The zero-order valence-electron chi connectivity index (χ0n) is 12.7. The van der Waals surface area contributed by atoms with Crippen molar-refractivity contribution in [3.8, 4) is 0 Å². The molecule has 0 radical (unpaired) electrons. The van der Waals surface area contributed by atoms with E-state index < -0.39 is 0 Å². The molecule has 1 atom stereocenters. The van der Waals surface area contributed by atoms with Crippen molar-refractivity contribution in [2.75, 3.05) is 13.1 Å². The Morgan fingerprint density at radius 3 is 2.53 bits per heavy atom. The molecular formula is C15H30N2O2. The maximum atomic E-state index is 11.8. The highest BCUT2D eigenvalue weighted by Gasteiger charge is 2.24. The van der Waals surface area contributed by atoms with Gasteiger partial charge in [0, 0.05) is 12.6 Å². The number of carbonyl (C=O) groups is 1. The van der Waals surface area contributed by atoms with Crippen molar-refractivity contribution in [1.29, 1.82) is 0 Å². The summed E-state index contributed by atoms with van der Waals surface area (Å²) in [6, 6.07) is 0.638. The fourth-order valence-electron chi connectivity index (χ4n) is 2.57. The van der Waals surface area contributed by atoms with Gasteiger partial charge >= 0.3 is 0 Å². The van der Waals surface area contributed by atoms with E-state index in [4.69, 9.17) is 4.74 Å². The Hall–Kier alpha value is -0.610. The Kier molecular flexibility index (Phi) is 8.07. The van der Waals surface area contributed by atoms with Crippen molar-refractivity contribution in [1.82, 2.24) is 10.6 Å². The maximum Gasteiger partial charge on any atom is 0.248 e. The van der Waals surface area contributed by atoms with Gasteiger partial charge < -0.3 is 15.4 Å². The van der Waals surface area contributed by atoms with Crippen molar-refractivity contribution in [2.45, 2.75) is 77.5 Å². The number of ether oxygens (including phenoxy) is 1. The molecule has 1 aliphatic carbocycles. The van der Waals surface area contributed by atoms with Crippen molar-refractivity contribution >= 4 is 5.91 Å². The fourth-order valence-corrected chi connectivity index (χ4v) is 2.57. The van der Waals surface area contributed by atoms with E-state index in [-0.39, 0.29) is 18.1 Å². The molecule has 1 fully saturated rings. The normalized spacial score (nSPS) is 25.0. The molecule has 0 spiro atoms. The molecule has 0 aromatic heterocycles. The third kappa shape index (κ3) is 6.39. The van der Waals surface area contributed by atoms with Crippen LogP contribution in [0.25, 0.3) is 0 Å². The summed E-state index contributed by atoms with van der Waals surface area (Å²) in [4.78, 5) is 11.8. The number of unbranched alkanes of at least 4 members (excludes halogenated alkanes) is 1. The van der Waals surface area contributed by atoms with Gasteiger partial charge in [0.05, 0.1) is 6.10 Å². The number of amides is 1. The molecular weight excluding hydrogens is 240 g/mol. The molecule has 1 aliphatic rings.